The third kappa shape index (κ3) is 2.17. The molecule has 1 N–H and O–H groups in total. The molecule has 88 valence electrons. The molecule has 4 nitrogen and oxygen atoms in total. The number of ketones is 1. The lowest BCUT2D eigenvalue weighted by atomic mass is 10.1. The molecule has 1 unspecified atom stereocenters. The van der Waals surface area contributed by atoms with Gasteiger partial charge in [-0.05, 0) is 32.1 Å². The normalized spacial score (nSPS) is 17.7. The van der Waals surface area contributed by atoms with Gasteiger partial charge in [0, 0.05) is 9.68 Å². The van der Waals surface area contributed by atoms with Crippen molar-refractivity contribution in [2.75, 3.05) is 13.8 Å². The quantitative estimate of drug-likeness (QED) is 0.799. The van der Waals surface area contributed by atoms with Crippen molar-refractivity contribution in [1.29, 1.82) is 0 Å². The van der Waals surface area contributed by atoms with E-state index in [0.29, 0.717) is 17.1 Å². The van der Waals surface area contributed by atoms with E-state index in [1.165, 1.54) is 6.92 Å². The highest BCUT2D eigenvalue weighted by molar-refractivity contribution is 6.00. The van der Waals surface area contributed by atoms with E-state index in [1.807, 2.05) is 0 Å². The molecule has 1 atom stereocenters. The van der Waals surface area contributed by atoms with Crippen LogP contribution in [-0.4, -0.2) is 25.6 Å². The lowest BCUT2D eigenvalue weighted by Gasteiger charge is -2.09. The molecule has 0 saturated carbocycles. The number of hydrogen-bond acceptors (Lipinski definition) is 4. The molecule has 1 aromatic carbocycles. The maximum atomic E-state index is 12.0. The largest absolute Gasteiger partial charge is 0.454 e. The minimum Gasteiger partial charge on any atom is -0.454 e. The highest BCUT2D eigenvalue weighted by atomic mass is 16.7. The van der Waals surface area contributed by atoms with Crippen LogP contribution in [0.5, 0.6) is 11.5 Å². The molecule has 1 aromatic rings. The highest BCUT2D eigenvalue weighted by Gasteiger charge is 2.18. The molecule has 1 aliphatic heterocycles. The Kier molecular flexibility index (Phi) is 2.67. The van der Waals surface area contributed by atoms with E-state index in [1.54, 1.807) is 18.2 Å². The van der Waals surface area contributed by atoms with Crippen LogP contribution in [0.4, 0.5) is 0 Å². The Bertz CT molecular complexity index is 474. The van der Waals surface area contributed by atoms with Crippen LogP contribution in [0, 0.1) is 0 Å². The smallest absolute Gasteiger partial charge is 0.231 e. The Hall–Kier alpha value is -1.55. The highest BCUT2D eigenvalue weighted by Crippen LogP contribution is 2.32. The molecule has 0 amide bonds. The van der Waals surface area contributed by atoms with Crippen LogP contribution in [0.1, 0.15) is 28.8 Å². The van der Waals surface area contributed by atoms with Crippen LogP contribution >= 0.6 is 0 Å². The first kappa shape index (κ1) is 8.58. The number of Topliss-reactive ketones (excluding diaryl/α,β-unsaturated/α-hetero) is 1. The molecule has 0 fully saturated rings. The zero-order chi connectivity index (χ0) is 13.3. The number of carbonyl (C=O) groups excluding carboxylic acids is 1. The maximum Gasteiger partial charge on any atom is 0.231 e. The van der Waals surface area contributed by atoms with Gasteiger partial charge in [0.05, 0.1) is 6.04 Å². The summed E-state index contributed by atoms with van der Waals surface area (Å²) < 4.78 is 31.5. The lowest BCUT2D eigenvalue weighted by molar-refractivity contribution is 0.0954. The van der Waals surface area contributed by atoms with Crippen molar-refractivity contribution >= 4 is 5.78 Å². The molecule has 16 heavy (non-hydrogen) atoms. The molecule has 4 heteroatoms. The number of benzene rings is 1. The Morgan fingerprint density at radius 1 is 1.50 bits per heavy atom. The molecule has 0 aromatic heterocycles. The van der Waals surface area contributed by atoms with E-state index < -0.39 is 13.0 Å². The SMILES string of the molecule is C.[2H]C([2H])([2H])NC(C)C(=O)c1ccc2c(c1)OCO2. The summed E-state index contributed by atoms with van der Waals surface area (Å²) in [7, 11) is 0. The monoisotopic (exact) mass is 226 g/mol. The van der Waals surface area contributed by atoms with Gasteiger partial charge < -0.3 is 14.8 Å². The number of hydrogen-bond donors (Lipinski definition) is 1. The van der Waals surface area contributed by atoms with Gasteiger partial charge in [-0.1, -0.05) is 7.43 Å². The molecule has 0 aliphatic carbocycles. The van der Waals surface area contributed by atoms with Gasteiger partial charge in [-0.3, -0.25) is 4.79 Å². The van der Waals surface area contributed by atoms with Gasteiger partial charge in [-0.15, -0.1) is 0 Å². The molecule has 2 rings (SSSR count). The fraction of sp³-hybridized carbons (Fsp3) is 0.417. The topological polar surface area (TPSA) is 47.6 Å². The Balaban J connectivity index is 0.00000180. The number of carbonyl (C=O) groups is 1. The first-order valence-electron chi connectivity index (χ1n) is 6.08. The zero-order valence-corrected chi connectivity index (χ0v) is 8.24. The predicted octanol–water partition coefficient (Wildman–Crippen LogP) is 1.84. The van der Waals surface area contributed by atoms with Crippen LogP contribution in [0.15, 0.2) is 18.2 Å². The molecule has 0 bridgehead atoms. The third-order valence-corrected chi connectivity index (χ3v) is 2.27. The summed E-state index contributed by atoms with van der Waals surface area (Å²) in [5.74, 6) is 0.786. The summed E-state index contributed by atoms with van der Waals surface area (Å²) in [6, 6.07) is 3.99. The Labute approximate surface area is 99.8 Å². The van der Waals surface area contributed by atoms with Gasteiger partial charge in [0.2, 0.25) is 6.79 Å². The van der Waals surface area contributed by atoms with E-state index in [4.69, 9.17) is 13.6 Å². The van der Waals surface area contributed by atoms with Gasteiger partial charge >= 0.3 is 0 Å². The number of fused-ring (bicyclic) bond motifs is 1. The number of ether oxygens (including phenoxy) is 2. The minimum absolute atomic E-state index is 0. The summed E-state index contributed by atoms with van der Waals surface area (Å²) in [6.45, 7) is -0.694. The summed E-state index contributed by atoms with van der Waals surface area (Å²) in [5, 5.41) is 2.26. The van der Waals surface area contributed by atoms with Crippen molar-refractivity contribution < 1.29 is 18.4 Å². The molecule has 0 radical (unpaired) electrons. The fourth-order valence-corrected chi connectivity index (χ4v) is 1.37. The first-order chi connectivity index (χ1) is 8.37. The summed E-state index contributed by atoms with van der Waals surface area (Å²) in [5.41, 5.74) is 0.392. The minimum atomic E-state index is -2.34. The fourth-order valence-electron chi connectivity index (χ4n) is 1.37. The van der Waals surface area contributed by atoms with Crippen molar-refractivity contribution in [3.8, 4) is 11.5 Å². The van der Waals surface area contributed by atoms with Gasteiger partial charge in [-0.25, -0.2) is 0 Å². The number of likely N-dealkylation sites (N-methyl/N-ethyl adjacent to an activating group) is 1. The summed E-state index contributed by atoms with van der Waals surface area (Å²) in [4.78, 5) is 12.0. The van der Waals surface area contributed by atoms with Crippen molar-refractivity contribution in [3.05, 3.63) is 23.8 Å². The molecule has 1 heterocycles. The van der Waals surface area contributed by atoms with E-state index in [-0.39, 0.29) is 20.0 Å². The van der Waals surface area contributed by atoms with Gasteiger partial charge in [0.25, 0.3) is 0 Å². The number of nitrogens with one attached hydrogen (secondary N) is 1. The second-order valence-corrected chi connectivity index (χ2v) is 3.30. The first-order valence-corrected chi connectivity index (χ1v) is 4.58. The average molecular weight is 226 g/mol. The van der Waals surface area contributed by atoms with Crippen molar-refractivity contribution in [1.82, 2.24) is 5.32 Å². The maximum absolute atomic E-state index is 12.0. The van der Waals surface area contributed by atoms with E-state index >= 15 is 0 Å². The average Bonchev–Trinajstić information content (AvgIpc) is 2.72. The van der Waals surface area contributed by atoms with Crippen LogP contribution in [0.3, 0.4) is 0 Å². The molecule has 0 spiro atoms. The lowest BCUT2D eigenvalue weighted by Crippen LogP contribution is -2.30. The van der Waals surface area contributed by atoms with E-state index in [9.17, 15) is 4.79 Å². The second-order valence-electron chi connectivity index (χ2n) is 3.30. The van der Waals surface area contributed by atoms with Crippen molar-refractivity contribution in [3.63, 3.8) is 0 Å². The molecular formula is C12H17NO3. The standard InChI is InChI=1S/C11H13NO3.CH4/c1-7(12-2)11(13)8-3-4-9-10(5-8)15-6-14-9;/h3-5,7,12H,6H2,1-2H3;1H4/i2D3;. The van der Waals surface area contributed by atoms with Crippen molar-refractivity contribution in [2.24, 2.45) is 0 Å². The molecule has 0 saturated heterocycles. The van der Waals surface area contributed by atoms with Crippen LogP contribution in [0.2, 0.25) is 0 Å². The zero-order valence-electron chi connectivity index (χ0n) is 11.2. The second kappa shape index (κ2) is 4.99. The van der Waals surface area contributed by atoms with E-state index in [0.717, 1.165) is 0 Å². The van der Waals surface area contributed by atoms with Crippen LogP contribution in [0.25, 0.3) is 0 Å². The van der Waals surface area contributed by atoms with E-state index in [2.05, 4.69) is 5.32 Å². The third-order valence-electron chi connectivity index (χ3n) is 2.27. The van der Waals surface area contributed by atoms with Crippen molar-refractivity contribution in [2.45, 2.75) is 20.4 Å². The Morgan fingerprint density at radius 2 is 2.25 bits per heavy atom. The number of rotatable bonds is 3. The van der Waals surface area contributed by atoms with Crippen LogP contribution in [-0.2, 0) is 0 Å². The summed E-state index contributed by atoms with van der Waals surface area (Å²) >= 11 is 0. The van der Waals surface area contributed by atoms with Gasteiger partial charge in [-0.2, -0.15) is 0 Å². The summed E-state index contributed by atoms with van der Waals surface area (Å²) in [6.07, 6.45) is 0. The molecule has 1 aliphatic rings. The predicted molar refractivity (Wildman–Crippen MR) is 62.1 cm³/mol. The van der Waals surface area contributed by atoms with Gasteiger partial charge in [0.15, 0.2) is 17.3 Å². The van der Waals surface area contributed by atoms with Gasteiger partial charge in [0.1, 0.15) is 0 Å². The Morgan fingerprint density at radius 3 is 3.00 bits per heavy atom. The molecular weight excluding hydrogens is 206 g/mol. The van der Waals surface area contributed by atoms with Crippen LogP contribution < -0.4 is 14.8 Å².